The van der Waals surface area contributed by atoms with Gasteiger partial charge in [0.15, 0.2) is 0 Å². The number of hydrogen-bond acceptors (Lipinski definition) is 4. The molecule has 18 heavy (non-hydrogen) atoms. The first-order chi connectivity index (χ1) is 8.56. The molecule has 0 bridgehead atoms. The summed E-state index contributed by atoms with van der Waals surface area (Å²) < 4.78 is 0. The summed E-state index contributed by atoms with van der Waals surface area (Å²) in [4.78, 5) is 17.4. The molecule has 3 N–H and O–H groups in total. The van der Waals surface area contributed by atoms with Crippen molar-refractivity contribution >= 4 is 17.2 Å². The molecule has 1 saturated carbocycles. The molecule has 1 unspecified atom stereocenters. The number of thiazole rings is 1. The van der Waals surface area contributed by atoms with Gasteiger partial charge < -0.3 is 11.1 Å². The summed E-state index contributed by atoms with van der Waals surface area (Å²) in [5.74, 6) is 0.452. The third-order valence-corrected chi connectivity index (χ3v) is 4.65. The maximum atomic E-state index is 11.9. The number of carbonyl (C=O) groups excluding carboxylic acids is 1. The first-order valence-electron chi connectivity index (χ1n) is 6.53. The molecule has 1 aliphatic carbocycles. The highest BCUT2D eigenvalue weighted by Gasteiger charge is 2.26. The lowest BCUT2D eigenvalue weighted by atomic mass is 10.00. The van der Waals surface area contributed by atoms with E-state index in [1.165, 1.54) is 4.88 Å². The van der Waals surface area contributed by atoms with Crippen LogP contribution in [0.3, 0.4) is 0 Å². The summed E-state index contributed by atoms with van der Waals surface area (Å²) in [7, 11) is 0. The van der Waals surface area contributed by atoms with Gasteiger partial charge in [-0.05, 0) is 32.6 Å². The molecule has 1 amide bonds. The highest BCUT2D eigenvalue weighted by Crippen LogP contribution is 2.27. The SMILES string of the molecule is Cc1cnc(C(C)NC(=O)C[C@@H]2CCC[C@H]2N)s1. The Bertz CT molecular complexity index is 418. The fourth-order valence-corrected chi connectivity index (χ4v) is 3.27. The van der Waals surface area contributed by atoms with Crippen LogP contribution in [0.5, 0.6) is 0 Å². The van der Waals surface area contributed by atoms with E-state index in [-0.39, 0.29) is 18.0 Å². The van der Waals surface area contributed by atoms with Crippen LogP contribution in [0.1, 0.15) is 48.5 Å². The van der Waals surface area contributed by atoms with E-state index >= 15 is 0 Å². The summed E-state index contributed by atoms with van der Waals surface area (Å²) in [5, 5.41) is 3.98. The van der Waals surface area contributed by atoms with Gasteiger partial charge in [-0.1, -0.05) is 6.42 Å². The van der Waals surface area contributed by atoms with E-state index in [1.807, 2.05) is 20.0 Å². The van der Waals surface area contributed by atoms with Crippen molar-refractivity contribution in [2.45, 2.75) is 51.6 Å². The molecule has 0 saturated heterocycles. The Balaban J connectivity index is 1.83. The molecule has 1 fully saturated rings. The van der Waals surface area contributed by atoms with Crippen molar-refractivity contribution in [3.63, 3.8) is 0 Å². The van der Waals surface area contributed by atoms with E-state index in [0.717, 1.165) is 24.3 Å². The number of aryl methyl sites for hydroxylation is 1. The fourth-order valence-electron chi connectivity index (χ4n) is 2.49. The van der Waals surface area contributed by atoms with Crippen LogP contribution in [0, 0.1) is 12.8 Å². The Morgan fingerprint density at radius 2 is 2.44 bits per heavy atom. The van der Waals surface area contributed by atoms with Crippen LogP contribution >= 0.6 is 11.3 Å². The van der Waals surface area contributed by atoms with Gasteiger partial charge in [0.1, 0.15) is 5.01 Å². The van der Waals surface area contributed by atoms with Crippen LogP contribution in [0.25, 0.3) is 0 Å². The Morgan fingerprint density at radius 1 is 1.67 bits per heavy atom. The highest BCUT2D eigenvalue weighted by atomic mass is 32.1. The molecule has 3 atom stereocenters. The Labute approximate surface area is 112 Å². The lowest BCUT2D eigenvalue weighted by molar-refractivity contribution is -0.122. The van der Waals surface area contributed by atoms with Crippen LogP contribution in [0.15, 0.2) is 6.20 Å². The van der Waals surface area contributed by atoms with E-state index in [2.05, 4.69) is 10.3 Å². The van der Waals surface area contributed by atoms with Gasteiger partial charge in [-0.15, -0.1) is 11.3 Å². The number of amides is 1. The summed E-state index contributed by atoms with van der Waals surface area (Å²) in [5.41, 5.74) is 5.98. The number of carbonyl (C=O) groups is 1. The molecule has 2 rings (SSSR count). The standard InChI is InChI=1S/C13H21N3OS/c1-8-7-15-13(18-8)9(2)16-12(17)6-10-4-3-5-11(10)14/h7,9-11H,3-6,14H2,1-2H3,(H,16,17)/t9?,10-,11+/m0/s1. The van der Waals surface area contributed by atoms with Gasteiger partial charge in [0.2, 0.25) is 5.91 Å². The third kappa shape index (κ3) is 3.29. The molecular formula is C13H21N3OS. The van der Waals surface area contributed by atoms with Gasteiger partial charge in [0.05, 0.1) is 6.04 Å². The van der Waals surface area contributed by atoms with Crippen molar-refractivity contribution in [1.29, 1.82) is 0 Å². The molecule has 0 spiro atoms. The van der Waals surface area contributed by atoms with E-state index in [0.29, 0.717) is 12.3 Å². The van der Waals surface area contributed by atoms with Gasteiger partial charge in [0, 0.05) is 23.5 Å². The zero-order valence-corrected chi connectivity index (χ0v) is 11.8. The summed E-state index contributed by atoms with van der Waals surface area (Å²) in [6, 6.07) is 0.196. The molecule has 1 aromatic rings. The van der Waals surface area contributed by atoms with Gasteiger partial charge in [-0.25, -0.2) is 4.98 Å². The predicted octanol–water partition coefficient (Wildman–Crippen LogP) is 2.15. The zero-order chi connectivity index (χ0) is 13.1. The van der Waals surface area contributed by atoms with Crippen molar-refractivity contribution in [3.8, 4) is 0 Å². The molecule has 4 nitrogen and oxygen atoms in total. The lowest BCUT2D eigenvalue weighted by Gasteiger charge is -2.17. The minimum atomic E-state index is -0.00572. The third-order valence-electron chi connectivity index (χ3n) is 3.55. The normalized spacial score (nSPS) is 25.1. The second-order valence-corrected chi connectivity index (χ2v) is 6.42. The minimum Gasteiger partial charge on any atom is -0.347 e. The molecule has 0 aliphatic heterocycles. The van der Waals surface area contributed by atoms with E-state index in [9.17, 15) is 4.79 Å². The quantitative estimate of drug-likeness (QED) is 0.878. The average molecular weight is 267 g/mol. The number of nitrogens with one attached hydrogen (secondary N) is 1. The van der Waals surface area contributed by atoms with Gasteiger partial charge >= 0.3 is 0 Å². The second kappa shape index (κ2) is 5.80. The molecule has 100 valence electrons. The van der Waals surface area contributed by atoms with Crippen molar-refractivity contribution in [2.75, 3.05) is 0 Å². The van der Waals surface area contributed by atoms with Gasteiger partial charge in [-0.2, -0.15) is 0 Å². The number of rotatable bonds is 4. The number of aromatic nitrogens is 1. The van der Waals surface area contributed by atoms with Gasteiger partial charge in [-0.3, -0.25) is 4.79 Å². The van der Waals surface area contributed by atoms with Crippen LogP contribution in [0.2, 0.25) is 0 Å². The molecule has 1 aliphatic rings. The molecule has 1 aromatic heterocycles. The van der Waals surface area contributed by atoms with Crippen molar-refractivity contribution in [2.24, 2.45) is 11.7 Å². The first kappa shape index (κ1) is 13.5. The minimum absolute atomic E-state index is 0.00572. The number of hydrogen-bond donors (Lipinski definition) is 2. The van der Waals surface area contributed by atoms with E-state index < -0.39 is 0 Å². The molecule has 5 heteroatoms. The summed E-state index contributed by atoms with van der Waals surface area (Å²) in [6.07, 6.45) is 5.68. The molecular weight excluding hydrogens is 246 g/mol. The zero-order valence-electron chi connectivity index (χ0n) is 11.0. The van der Waals surface area contributed by atoms with Crippen molar-refractivity contribution in [3.05, 3.63) is 16.1 Å². The maximum absolute atomic E-state index is 11.9. The van der Waals surface area contributed by atoms with Crippen molar-refractivity contribution < 1.29 is 4.79 Å². The van der Waals surface area contributed by atoms with Crippen LogP contribution < -0.4 is 11.1 Å². The van der Waals surface area contributed by atoms with E-state index in [4.69, 9.17) is 5.73 Å². The largest absolute Gasteiger partial charge is 0.347 e. The molecule has 1 heterocycles. The van der Waals surface area contributed by atoms with Crippen LogP contribution in [-0.4, -0.2) is 16.9 Å². The van der Waals surface area contributed by atoms with E-state index in [1.54, 1.807) is 11.3 Å². The van der Waals surface area contributed by atoms with Crippen LogP contribution in [-0.2, 0) is 4.79 Å². The average Bonchev–Trinajstić information content (AvgIpc) is 2.89. The van der Waals surface area contributed by atoms with Gasteiger partial charge in [0.25, 0.3) is 0 Å². The number of nitrogens with two attached hydrogens (primary N) is 1. The number of nitrogens with zero attached hydrogens (tertiary/aromatic N) is 1. The first-order valence-corrected chi connectivity index (χ1v) is 7.35. The smallest absolute Gasteiger partial charge is 0.220 e. The fraction of sp³-hybridized carbons (Fsp3) is 0.692. The summed E-state index contributed by atoms with van der Waals surface area (Å²) in [6.45, 7) is 4.00. The van der Waals surface area contributed by atoms with Crippen molar-refractivity contribution in [1.82, 2.24) is 10.3 Å². The second-order valence-electron chi connectivity index (χ2n) is 5.16. The molecule has 0 radical (unpaired) electrons. The lowest BCUT2D eigenvalue weighted by Crippen LogP contribution is -2.32. The highest BCUT2D eigenvalue weighted by molar-refractivity contribution is 7.11. The Hall–Kier alpha value is -0.940. The Morgan fingerprint density at radius 3 is 3.00 bits per heavy atom. The monoisotopic (exact) mass is 267 g/mol. The topological polar surface area (TPSA) is 68.0 Å². The summed E-state index contributed by atoms with van der Waals surface area (Å²) >= 11 is 1.63. The Kier molecular flexibility index (Phi) is 4.35. The van der Waals surface area contributed by atoms with Crippen LogP contribution in [0.4, 0.5) is 0 Å². The molecule has 0 aromatic carbocycles. The maximum Gasteiger partial charge on any atom is 0.220 e. The predicted molar refractivity (Wildman–Crippen MR) is 73.3 cm³/mol.